The molecule has 4 nitrogen and oxygen atoms in total. The zero-order valence-corrected chi connectivity index (χ0v) is 14.8. The lowest BCUT2D eigenvalue weighted by Gasteiger charge is -2.19. The molecule has 0 bridgehead atoms. The Balaban J connectivity index is 1.87. The van der Waals surface area contributed by atoms with Crippen molar-refractivity contribution in [2.24, 2.45) is 5.92 Å². The highest BCUT2D eigenvalue weighted by Gasteiger charge is 2.22. The molecule has 0 spiro atoms. The van der Waals surface area contributed by atoms with Crippen LogP contribution in [0.1, 0.15) is 46.8 Å². The third kappa shape index (κ3) is 4.55. The fourth-order valence-electron chi connectivity index (χ4n) is 2.51. The molecule has 1 heterocycles. The lowest BCUT2D eigenvalue weighted by molar-refractivity contribution is 0.0947. The van der Waals surface area contributed by atoms with Crippen LogP contribution < -0.4 is 16.2 Å². The van der Waals surface area contributed by atoms with Gasteiger partial charge in [0.2, 0.25) is 0 Å². The van der Waals surface area contributed by atoms with E-state index >= 15 is 0 Å². The van der Waals surface area contributed by atoms with Gasteiger partial charge in [-0.2, -0.15) is 0 Å². The summed E-state index contributed by atoms with van der Waals surface area (Å²) in [6, 6.07) is 2.03. The van der Waals surface area contributed by atoms with Gasteiger partial charge in [-0.3, -0.25) is 15.6 Å². The van der Waals surface area contributed by atoms with E-state index in [1.54, 1.807) is 11.3 Å². The quantitative estimate of drug-likeness (QED) is 0.449. The van der Waals surface area contributed by atoms with Gasteiger partial charge < -0.3 is 5.32 Å². The van der Waals surface area contributed by atoms with Crippen LogP contribution in [0.5, 0.6) is 0 Å². The zero-order valence-electron chi connectivity index (χ0n) is 13.1. The maximum atomic E-state index is 12.2. The summed E-state index contributed by atoms with van der Waals surface area (Å²) in [5, 5.41) is 3.35. The van der Waals surface area contributed by atoms with Crippen LogP contribution in [-0.4, -0.2) is 17.6 Å². The molecule has 1 aromatic rings. The van der Waals surface area contributed by atoms with Crippen LogP contribution in [0.2, 0.25) is 0 Å². The molecule has 22 heavy (non-hydrogen) atoms. The van der Waals surface area contributed by atoms with Crippen molar-refractivity contribution in [3.05, 3.63) is 33.5 Å². The van der Waals surface area contributed by atoms with Crippen LogP contribution >= 0.6 is 23.6 Å². The number of hydrogen-bond acceptors (Lipinski definition) is 3. The van der Waals surface area contributed by atoms with Gasteiger partial charge in [0.25, 0.3) is 5.91 Å². The van der Waals surface area contributed by atoms with Gasteiger partial charge in [-0.15, -0.1) is 11.3 Å². The lowest BCUT2D eigenvalue weighted by Crippen LogP contribution is -2.46. The van der Waals surface area contributed by atoms with Crippen molar-refractivity contribution in [2.45, 2.75) is 39.5 Å². The molecule has 1 aromatic heterocycles. The summed E-state index contributed by atoms with van der Waals surface area (Å²) in [5.74, 6) is 0.627. The Bertz CT molecular complexity index is 580. The number of fused-ring (bicyclic) bond motifs is 1. The molecule has 0 aromatic carbocycles. The standard InChI is InChI=1S/C16H23N3OS2/c1-4-11-5-6-13-12(7-11)8-14(22-13)15(20)18-19-16(21)17-9-10(2)3/h8,11H,2,4-7,9H2,1,3H3,(H,18,20)(H2,17,19,21)/t11-/m0/s1. The summed E-state index contributed by atoms with van der Waals surface area (Å²) in [6.07, 6.45) is 4.64. The molecule has 0 unspecified atom stereocenters. The molecule has 0 aliphatic heterocycles. The van der Waals surface area contributed by atoms with Crippen molar-refractivity contribution in [2.75, 3.05) is 6.54 Å². The zero-order chi connectivity index (χ0) is 16.1. The van der Waals surface area contributed by atoms with Gasteiger partial charge in [0.15, 0.2) is 5.11 Å². The third-order valence-corrected chi connectivity index (χ3v) is 5.31. The number of nitrogens with one attached hydrogen (secondary N) is 3. The molecule has 0 radical (unpaired) electrons. The van der Waals surface area contributed by atoms with E-state index in [1.165, 1.54) is 23.3 Å². The van der Waals surface area contributed by atoms with E-state index in [9.17, 15) is 4.79 Å². The first-order valence-corrected chi connectivity index (χ1v) is 8.82. The highest BCUT2D eigenvalue weighted by molar-refractivity contribution is 7.80. The smallest absolute Gasteiger partial charge is 0.279 e. The Morgan fingerprint density at radius 3 is 2.95 bits per heavy atom. The van der Waals surface area contributed by atoms with Crippen molar-refractivity contribution in [1.82, 2.24) is 16.2 Å². The van der Waals surface area contributed by atoms with Crippen molar-refractivity contribution in [3.8, 4) is 0 Å². The first-order valence-electron chi connectivity index (χ1n) is 7.59. The first kappa shape index (κ1) is 17.0. The van der Waals surface area contributed by atoms with Crippen molar-refractivity contribution < 1.29 is 4.79 Å². The first-order chi connectivity index (χ1) is 10.5. The number of thiophene rings is 1. The largest absolute Gasteiger partial charge is 0.358 e. The highest BCUT2D eigenvalue weighted by Crippen LogP contribution is 2.33. The molecule has 1 atom stereocenters. The third-order valence-electron chi connectivity index (χ3n) is 3.83. The molecule has 1 aliphatic carbocycles. The lowest BCUT2D eigenvalue weighted by atomic mass is 9.87. The highest BCUT2D eigenvalue weighted by atomic mass is 32.1. The minimum Gasteiger partial charge on any atom is -0.358 e. The molecule has 120 valence electrons. The van der Waals surface area contributed by atoms with Crippen LogP contribution in [0.25, 0.3) is 0 Å². The average Bonchev–Trinajstić information content (AvgIpc) is 2.93. The van der Waals surface area contributed by atoms with E-state index < -0.39 is 0 Å². The second kappa shape index (κ2) is 7.74. The molecule has 2 rings (SSSR count). The van der Waals surface area contributed by atoms with Gasteiger partial charge in [0.05, 0.1) is 4.88 Å². The van der Waals surface area contributed by atoms with Crippen LogP contribution in [0.3, 0.4) is 0 Å². The van der Waals surface area contributed by atoms with Gasteiger partial charge in [-0.1, -0.05) is 25.5 Å². The molecule has 0 saturated carbocycles. The van der Waals surface area contributed by atoms with E-state index in [2.05, 4.69) is 29.7 Å². The summed E-state index contributed by atoms with van der Waals surface area (Å²) < 4.78 is 0. The number of amides is 1. The Morgan fingerprint density at radius 1 is 1.50 bits per heavy atom. The van der Waals surface area contributed by atoms with Crippen LogP contribution in [0.15, 0.2) is 18.2 Å². The topological polar surface area (TPSA) is 53.2 Å². The number of aryl methyl sites for hydroxylation is 1. The van der Waals surface area contributed by atoms with Gasteiger partial charge in [-0.05, 0) is 56.0 Å². The van der Waals surface area contributed by atoms with Gasteiger partial charge in [0, 0.05) is 11.4 Å². The summed E-state index contributed by atoms with van der Waals surface area (Å²) in [5.41, 5.74) is 7.69. The Kier molecular flexibility index (Phi) is 5.97. The Morgan fingerprint density at radius 2 is 2.27 bits per heavy atom. The molecule has 3 N–H and O–H groups in total. The van der Waals surface area contributed by atoms with E-state index in [0.717, 1.165) is 29.2 Å². The Labute approximate surface area is 141 Å². The van der Waals surface area contributed by atoms with Gasteiger partial charge in [-0.25, -0.2) is 0 Å². The minimum absolute atomic E-state index is 0.132. The van der Waals surface area contributed by atoms with E-state index in [4.69, 9.17) is 12.2 Å². The summed E-state index contributed by atoms with van der Waals surface area (Å²) in [4.78, 5) is 14.3. The molecule has 1 amide bonds. The summed E-state index contributed by atoms with van der Waals surface area (Å²) in [7, 11) is 0. The molecular weight excluding hydrogens is 314 g/mol. The van der Waals surface area contributed by atoms with Crippen molar-refractivity contribution in [3.63, 3.8) is 0 Å². The Hall–Kier alpha value is -1.40. The monoisotopic (exact) mass is 337 g/mol. The number of rotatable bonds is 4. The van der Waals surface area contributed by atoms with Gasteiger partial charge >= 0.3 is 0 Å². The molecule has 6 heteroatoms. The predicted octanol–water partition coefficient (Wildman–Crippen LogP) is 2.95. The maximum absolute atomic E-state index is 12.2. The summed E-state index contributed by atoms with van der Waals surface area (Å²) >= 11 is 6.68. The van der Waals surface area contributed by atoms with Crippen molar-refractivity contribution in [1.29, 1.82) is 0 Å². The number of hydrazine groups is 1. The van der Waals surface area contributed by atoms with E-state index in [0.29, 0.717) is 11.7 Å². The van der Waals surface area contributed by atoms with Crippen molar-refractivity contribution >= 4 is 34.6 Å². The fraction of sp³-hybridized carbons (Fsp3) is 0.500. The predicted molar refractivity (Wildman–Crippen MR) is 96.1 cm³/mol. The number of hydrogen-bond donors (Lipinski definition) is 3. The molecule has 1 aliphatic rings. The second-order valence-corrected chi connectivity index (χ2v) is 7.34. The van der Waals surface area contributed by atoms with Crippen LogP contribution in [-0.2, 0) is 12.8 Å². The van der Waals surface area contributed by atoms with E-state index in [-0.39, 0.29) is 5.91 Å². The SMILES string of the molecule is C=C(C)CNC(=S)NNC(=O)c1cc2c(s1)CC[C@H](CC)C2. The van der Waals surface area contributed by atoms with Crippen LogP contribution in [0, 0.1) is 5.92 Å². The average molecular weight is 338 g/mol. The molecular formula is C16H23N3OS2. The number of carbonyl (C=O) groups is 1. The fourth-order valence-corrected chi connectivity index (χ4v) is 3.74. The van der Waals surface area contributed by atoms with Crippen LogP contribution in [0.4, 0.5) is 0 Å². The second-order valence-electron chi connectivity index (χ2n) is 5.80. The molecule has 0 fully saturated rings. The number of thiocarbonyl (C=S) groups is 1. The van der Waals surface area contributed by atoms with E-state index in [1.807, 2.05) is 13.0 Å². The molecule has 0 saturated heterocycles. The number of carbonyl (C=O) groups excluding carboxylic acids is 1. The minimum atomic E-state index is -0.132. The van der Waals surface area contributed by atoms with Gasteiger partial charge in [0.1, 0.15) is 0 Å². The summed E-state index contributed by atoms with van der Waals surface area (Å²) in [6.45, 7) is 8.52. The maximum Gasteiger partial charge on any atom is 0.279 e. The normalized spacial score (nSPS) is 16.5.